The standard InChI is InChI=1S/C19H36O11/c1-21-9-12-14(24-4)17(27-7)19(29-12,10-22-2)30-18-16(26-6)15(25-5)13(23-3)11(8-20)28-18/h11-18,20H,8-10H2,1-7H3. The van der Waals surface area contributed by atoms with Gasteiger partial charge in [-0.3, -0.25) is 0 Å². The van der Waals surface area contributed by atoms with Crippen LogP contribution in [0.2, 0.25) is 0 Å². The van der Waals surface area contributed by atoms with Crippen LogP contribution in [0.3, 0.4) is 0 Å². The predicted octanol–water partition coefficient (Wildman–Crippen LogP) is -0.817. The number of hydrogen-bond donors (Lipinski definition) is 1. The first-order chi connectivity index (χ1) is 14.5. The molecule has 2 heterocycles. The Kier molecular flexibility index (Phi) is 10.3. The second kappa shape index (κ2) is 12.0. The Morgan fingerprint density at radius 1 is 0.733 bits per heavy atom. The van der Waals surface area contributed by atoms with Crippen molar-refractivity contribution in [2.24, 2.45) is 0 Å². The fraction of sp³-hybridized carbons (Fsp3) is 1.00. The zero-order valence-electron chi connectivity index (χ0n) is 18.8. The van der Waals surface area contributed by atoms with Crippen molar-refractivity contribution in [3.8, 4) is 0 Å². The summed E-state index contributed by atoms with van der Waals surface area (Å²) in [6.45, 7) is -0.0113. The highest BCUT2D eigenvalue weighted by atomic mass is 16.8. The molecule has 2 rings (SSSR count). The van der Waals surface area contributed by atoms with Gasteiger partial charge in [0.2, 0.25) is 5.79 Å². The molecule has 11 nitrogen and oxygen atoms in total. The van der Waals surface area contributed by atoms with Gasteiger partial charge in [-0.25, -0.2) is 0 Å². The lowest BCUT2D eigenvalue weighted by Crippen LogP contribution is -2.64. The first-order valence-electron chi connectivity index (χ1n) is 9.74. The fourth-order valence-electron chi connectivity index (χ4n) is 4.28. The summed E-state index contributed by atoms with van der Waals surface area (Å²) in [6, 6.07) is 0. The van der Waals surface area contributed by atoms with Gasteiger partial charge in [-0.1, -0.05) is 0 Å². The average molecular weight is 440 g/mol. The number of aliphatic hydroxyl groups is 1. The second-order valence-corrected chi connectivity index (χ2v) is 7.16. The summed E-state index contributed by atoms with van der Waals surface area (Å²) in [7, 11) is 10.8. The Labute approximate surface area is 177 Å². The maximum atomic E-state index is 9.83. The molecule has 2 aliphatic heterocycles. The lowest BCUT2D eigenvalue weighted by atomic mass is 9.98. The SMILES string of the molecule is COCC1OC(COC)(OC2OC(CO)C(OC)C(OC)C2OC)C(OC)C1OC. The van der Waals surface area contributed by atoms with Gasteiger partial charge in [0.05, 0.1) is 13.2 Å². The minimum atomic E-state index is -1.38. The van der Waals surface area contributed by atoms with Crippen LogP contribution < -0.4 is 0 Å². The molecule has 2 aliphatic rings. The van der Waals surface area contributed by atoms with Gasteiger partial charge in [0.1, 0.15) is 49.3 Å². The van der Waals surface area contributed by atoms with Crippen molar-refractivity contribution in [1.82, 2.24) is 0 Å². The lowest BCUT2D eigenvalue weighted by molar-refractivity contribution is -0.389. The Morgan fingerprint density at radius 2 is 1.37 bits per heavy atom. The van der Waals surface area contributed by atoms with Crippen molar-refractivity contribution in [2.45, 2.75) is 54.8 Å². The highest BCUT2D eigenvalue weighted by Crippen LogP contribution is 2.40. The van der Waals surface area contributed by atoms with Gasteiger partial charge in [0.15, 0.2) is 6.29 Å². The van der Waals surface area contributed by atoms with Crippen molar-refractivity contribution in [3.63, 3.8) is 0 Å². The summed E-state index contributed by atoms with van der Waals surface area (Å²) in [6.07, 6.45) is -5.08. The van der Waals surface area contributed by atoms with E-state index >= 15 is 0 Å². The van der Waals surface area contributed by atoms with E-state index in [9.17, 15) is 5.11 Å². The maximum Gasteiger partial charge on any atom is 0.224 e. The van der Waals surface area contributed by atoms with E-state index in [1.54, 1.807) is 14.2 Å². The summed E-state index contributed by atoms with van der Waals surface area (Å²) in [5.74, 6) is -1.38. The average Bonchev–Trinajstić information content (AvgIpc) is 3.04. The Bertz CT molecular complexity index is 495. The molecule has 2 saturated heterocycles. The van der Waals surface area contributed by atoms with Crippen LogP contribution in [0.1, 0.15) is 0 Å². The molecule has 2 fully saturated rings. The summed E-state index contributed by atoms with van der Waals surface area (Å²) in [5, 5.41) is 9.83. The van der Waals surface area contributed by atoms with Crippen LogP contribution in [0.5, 0.6) is 0 Å². The zero-order chi connectivity index (χ0) is 22.3. The van der Waals surface area contributed by atoms with E-state index in [-0.39, 0.29) is 19.8 Å². The molecule has 0 aromatic heterocycles. The van der Waals surface area contributed by atoms with Crippen molar-refractivity contribution >= 4 is 0 Å². The Hall–Kier alpha value is -0.440. The number of hydrogen-bond acceptors (Lipinski definition) is 11. The minimum Gasteiger partial charge on any atom is -0.394 e. The van der Waals surface area contributed by atoms with Gasteiger partial charge >= 0.3 is 0 Å². The third-order valence-electron chi connectivity index (χ3n) is 5.56. The first-order valence-corrected chi connectivity index (χ1v) is 9.74. The molecule has 0 bridgehead atoms. The Balaban J connectivity index is 2.37. The molecule has 0 aliphatic carbocycles. The molecular weight excluding hydrogens is 404 g/mol. The van der Waals surface area contributed by atoms with E-state index in [1.165, 1.54) is 35.5 Å². The van der Waals surface area contributed by atoms with Gasteiger partial charge in [-0.15, -0.1) is 0 Å². The van der Waals surface area contributed by atoms with Crippen molar-refractivity contribution in [1.29, 1.82) is 0 Å². The van der Waals surface area contributed by atoms with Gasteiger partial charge in [-0.2, -0.15) is 0 Å². The van der Waals surface area contributed by atoms with Gasteiger partial charge < -0.3 is 52.5 Å². The van der Waals surface area contributed by atoms with E-state index in [4.69, 9.17) is 47.4 Å². The fourth-order valence-corrected chi connectivity index (χ4v) is 4.28. The quantitative estimate of drug-likeness (QED) is 0.411. The van der Waals surface area contributed by atoms with E-state index < -0.39 is 54.8 Å². The van der Waals surface area contributed by atoms with Gasteiger partial charge in [0.25, 0.3) is 0 Å². The zero-order valence-corrected chi connectivity index (χ0v) is 18.8. The molecule has 11 heteroatoms. The van der Waals surface area contributed by atoms with Crippen LogP contribution in [0.15, 0.2) is 0 Å². The largest absolute Gasteiger partial charge is 0.394 e. The maximum absolute atomic E-state index is 9.83. The van der Waals surface area contributed by atoms with Crippen LogP contribution >= 0.6 is 0 Å². The van der Waals surface area contributed by atoms with Crippen molar-refractivity contribution < 1.29 is 52.5 Å². The summed E-state index contributed by atoms with van der Waals surface area (Å²) in [4.78, 5) is 0. The van der Waals surface area contributed by atoms with Gasteiger partial charge in [0, 0.05) is 49.8 Å². The van der Waals surface area contributed by atoms with E-state index in [1.807, 2.05) is 0 Å². The second-order valence-electron chi connectivity index (χ2n) is 7.16. The molecule has 9 unspecified atom stereocenters. The van der Waals surface area contributed by atoms with Crippen molar-refractivity contribution in [3.05, 3.63) is 0 Å². The molecule has 1 N–H and O–H groups in total. The molecule has 0 saturated carbocycles. The summed E-state index contributed by atoms with van der Waals surface area (Å²) in [5.41, 5.74) is 0. The topological polar surface area (TPSA) is 113 Å². The number of methoxy groups -OCH3 is 7. The molecule has 0 aromatic carbocycles. The lowest BCUT2D eigenvalue weighted by Gasteiger charge is -2.47. The normalized spacial score (nSPS) is 42.0. The van der Waals surface area contributed by atoms with Crippen LogP contribution in [-0.4, -0.2) is 130 Å². The highest BCUT2D eigenvalue weighted by Gasteiger charge is 2.60. The van der Waals surface area contributed by atoms with Gasteiger partial charge in [-0.05, 0) is 0 Å². The van der Waals surface area contributed by atoms with E-state index in [2.05, 4.69) is 0 Å². The number of aliphatic hydroxyl groups excluding tert-OH is 1. The van der Waals surface area contributed by atoms with Crippen LogP contribution in [0.4, 0.5) is 0 Å². The van der Waals surface area contributed by atoms with E-state index in [0.717, 1.165) is 0 Å². The molecule has 0 radical (unpaired) electrons. The minimum absolute atomic E-state index is 0.0248. The Morgan fingerprint density at radius 3 is 1.83 bits per heavy atom. The van der Waals surface area contributed by atoms with Crippen LogP contribution in [0, 0.1) is 0 Å². The molecule has 178 valence electrons. The molecule has 30 heavy (non-hydrogen) atoms. The first kappa shape index (κ1) is 25.8. The third-order valence-corrected chi connectivity index (χ3v) is 5.56. The smallest absolute Gasteiger partial charge is 0.224 e. The monoisotopic (exact) mass is 440 g/mol. The highest BCUT2D eigenvalue weighted by molar-refractivity contribution is 5.01. The number of ether oxygens (including phenoxy) is 10. The molecule has 9 atom stereocenters. The molecule has 0 aromatic rings. The summed E-state index contributed by atoms with van der Waals surface area (Å²) >= 11 is 0. The third kappa shape index (κ3) is 4.97. The molecule has 0 amide bonds. The number of rotatable bonds is 12. The predicted molar refractivity (Wildman–Crippen MR) is 102 cm³/mol. The molecular formula is C19H36O11. The van der Waals surface area contributed by atoms with Crippen LogP contribution in [0.25, 0.3) is 0 Å². The van der Waals surface area contributed by atoms with Crippen LogP contribution in [-0.2, 0) is 47.4 Å². The van der Waals surface area contributed by atoms with E-state index in [0.29, 0.717) is 0 Å². The van der Waals surface area contributed by atoms with Crippen molar-refractivity contribution in [2.75, 3.05) is 69.6 Å². The molecule has 0 spiro atoms. The summed E-state index contributed by atoms with van der Waals surface area (Å²) < 4.78 is 57.3.